The molecule has 1 fully saturated rings. The van der Waals surface area contributed by atoms with E-state index in [0.29, 0.717) is 43.8 Å². The number of halogens is 1. The molecule has 150 valence electrons. The SMILES string of the molecule is O=C(NCc1ccncc1)C1=NO[C@]2(CCCN(C(=O)c3ccc(F)cc3)C2)C1. The number of carbonyl (C=O) groups excluding carboxylic acids is 2. The molecule has 0 saturated carbocycles. The number of oxime groups is 1. The predicted octanol–water partition coefficient (Wildman–Crippen LogP) is 2.29. The zero-order chi connectivity index (χ0) is 20.3. The molecule has 0 bridgehead atoms. The molecule has 1 atom stereocenters. The largest absolute Gasteiger partial charge is 0.386 e. The monoisotopic (exact) mass is 396 g/mol. The Bertz CT molecular complexity index is 933. The Labute approximate surface area is 167 Å². The van der Waals surface area contributed by atoms with E-state index in [1.54, 1.807) is 17.3 Å². The van der Waals surface area contributed by atoms with Crippen LogP contribution in [0.5, 0.6) is 0 Å². The van der Waals surface area contributed by atoms with E-state index in [-0.39, 0.29) is 17.6 Å². The van der Waals surface area contributed by atoms with Gasteiger partial charge in [-0.25, -0.2) is 4.39 Å². The van der Waals surface area contributed by atoms with Crippen molar-refractivity contribution >= 4 is 17.5 Å². The third kappa shape index (κ3) is 4.26. The number of aromatic nitrogens is 1. The summed E-state index contributed by atoms with van der Waals surface area (Å²) in [6, 6.07) is 9.15. The molecule has 1 N–H and O–H groups in total. The summed E-state index contributed by atoms with van der Waals surface area (Å²) in [5.74, 6) is -0.837. The fraction of sp³-hybridized carbons (Fsp3) is 0.333. The number of amides is 2. The van der Waals surface area contributed by atoms with Crippen LogP contribution in [0.15, 0.2) is 53.9 Å². The molecule has 29 heavy (non-hydrogen) atoms. The van der Waals surface area contributed by atoms with E-state index in [0.717, 1.165) is 12.0 Å². The van der Waals surface area contributed by atoms with Crippen LogP contribution in [0, 0.1) is 5.82 Å². The number of hydrogen-bond donors (Lipinski definition) is 1. The molecule has 0 unspecified atom stereocenters. The Morgan fingerprint density at radius 3 is 2.69 bits per heavy atom. The number of rotatable bonds is 4. The van der Waals surface area contributed by atoms with Gasteiger partial charge in [0, 0.05) is 37.5 Å². The maximum absolute atomic E-state index is 13.1. The highest BCUT2D eigenvalue weighted by Crippen LogP contribution is 2.34. The van der Waals surface area contributed by atoms with Crippen molar-refractivity contribution in [3.8, 4) is 0 Å². The standard InChI is InChI=1S/C21H21FN4O3/c22-17-4-2-16(3-5-17)20(28)26-11-1-8-21(14-26)12-18(25-29-21)19(27)24-13-15-6-9-23-10-7-15/h2-7,9-10H,1,8,11-14H2,(H,24,27)/t21-/m1/s1. The molecule has 0 radical (unpaired) electrons. The second kappa shape index (κ2) is 7.98. The summed E-state index contributed by atoms with van der Waals surface area (Å²) < 4.78 is 13.1. The fourth-order valence-corrected chi connectivity index (χ4v) is 3.69. The van der Waals surface area contributed by atoms with Crippen LogP contribution < -0.4 is 5.32 Å². The van der Waals surface area contributed by atoms with Gasteiger partial charge in [-0.3, -0.25) is 14.6 Å². The van der Waals surface area contributed by atoms with Crippen molar-refractivity contribution in [2.75, 3.05) is 13.1 Å². The number of carbonyl (C=O) groups is 2. The van der Waals surface area contributed by atoms with Gasteiger partial charge in [-0.2, -0.15) is 0 Å². The molecular formula is C21H21FN4O3. The predicted molar refractivity (Wildman–Crippen MR) is 103 cm³/mol. The van der Waals surface area contributed by atoms with Crippen molar-refractivity contribution in [1.82, 2.24) is 15.2 Å². The Kier molecular flexibility index (Phi) is 5.24. The maximum atomic E-state index is 13.1. The fourth-order valence-electron chi connectivity index (χ4n) is 3.69. The quantitative estimate of drug-likeness (QED) is 0.860. The highest BCUT2D eigenvalue weighted by molar-refractivity contribution is 6.39. The van der Waals surface area contributed by atoms with E-state index < -0.39 is 5.60 Å². The molecule has 2 aliphatic heterocycles. The van der Waals surface area contributed by atoms with Gasteiger partial charge >= 0.3 is 0 Å². The van der Waals surface area contributed by atoms with Crippen LogP contribution in [-0.2, 0) is 16.2 Å². The van der Waals surface area contributed by atoms with Crippen molar-refractivity contribution < 1.29 is 18.8 Å². The van der Waals surface area contributed by atoms with Crippen molar-refractivity contribution in [3.63, 3.8) is 0 Å². The average molecular weight is 396 g/mol. The Balaban J connectivity index is 1.36. The molecule has 4 rings (SSSR count). The minimum Gasteiger partial charge on any atom is -0.386 e. The summed E-state index contributed by atoms with van der Waals surface area (Å²) in [6.07, 6.45) is 5.14. The van der Waals surface area contributed by atoms with Crippen LogP contribution >= 0.6 is 0 Å². The molecular weight excluding hydrogens is 375 g/mol. The Morgan fingerprint density at radius 2 is 1.93 bits per heavy atom. The van der Waals surface area contributed by atoms with E-state index in [1.165, 1.54) is 24.3 Å². The van der Waals surface area contributed by atoms with Gasteiger partial charge in [-0.05, 0) is 54.8 Å². The van der Waals surface area contributed by atoms with Crippen LogP contribution in [0.2, 0.25) is 0 Å². The molecule has 1 spiro atoms. The van der Waals surface area contributed by atoms with Crippen molar-refractivity contribution in [2.45, 2.75) is 31.4 Å². The van der Waals surface area contributed by atoms with Gasteiger partial charge in [0.2, 0.25) is 0 Å². The normalized spacial score (nSPS) is 20.9. The molecule has 0 aliphatic carbocycles. The lowest BCUT2D eigenvalue weighted by Crippen LogP contribution is -2.51. The van der Waals surface area contributed by atoms with Gasteiger partial charge in [-0.15, -0.1) is 0 Å². The minimum atomic E-state index is -0.683. The van der Waals surface area contributed by atoms with E-state index in [9.17, 15) is 14.0 Å². The summed E-state index contributed by atoms with van der Waals surface area (Å²) in [5.41, 5.74) is 1.02. The van der Waals surface area contributed by atoms with Crippen molar-refractivity contribution in [2.24, 2.45) is 5.16 Å². The Hall–Kier alpha value is -3.29. The zero-order valence-corrected chi connectivity index (χ0v) is 15.8. The van der Waals surface area contributed by atoms with Crippen LogP contribution in [0.1, 0.15) is 35.2 Å². The summed E-state index contributed by atoms with van der Waals surface area (Å²) in [4.78, 5) is 36.5. The smallest absolute Gasteiger partial charge is 0.269 e. The third-order valence-electron chi connectivity index (χ3n) is 5.22. The lowest BCUT2D eigenvalue weighted by Gasteiger charge is -2.38. The highest BCUT2D eigenvalue weighted by Gasteiger charge is 2.45. The molecule has 2 aliphatic rings. The number of nitrogens with zero attached hydrogens (tertiary/aromatic N) is 3. The number of likely N-dealkylation sites (tertiary alicyclic amines) is 1. The van der Waals surface area contributed by atoms with E-state index >= 15 is 0 Å². The first-order valence-electron chi connectivity index (χ1n) is 9.52. The van der Waals surface area contributed by atoms with Gasteiger partial charge < -0.3 is 15.1 Å². The first-order valence-corrected chi connectivity index (χ1v) is 9.52. The summed E-state index contributed by atoms with van der Waals surface area (Å²) in [5, 5.41) is 6.84. The lowest BCUT2D eigenvalue weighted by molar-refractivity contribution is -0.115. The van der Waals surface area contributed by atoms with Crippen LogP contribution in [0.25, 0.3) is 0 Å². The van der Waals surface area contributed by atoms with Crippen molar-refractivity contribution in [1.29, 1.82) is 0 Å². The minimum absolute atomic E-state index is 0.178. The third-order valence-corrected chi connectivity index (χ3v) is 5.22. The zero-order valence-electron chi connectivity index (χ0n) is 15.8. The molecule has 7 nitrogen and oxygen atoms in total. The first kappa shape index (κ1) is 19.0. The highest BCUT2D eigenvalue weighted by atomic mass is 19.1. The van der Waals surface area contributed by atoms with Gasteiger partial charge in [0.1, 0.15) is 11.5 Å². The van der Waals surface area contributed by atoms with Crippen LogP contribution in [0.4, 0.5) is 4.39 Å². The van der Waals surface area contributed by atoms with Crippen molar-refractivity contribution in [3.05, 3.63) is 65.7 Å². The first-order chi connectivity index (χ1) is 14.0. The van der Waals surface area contributed by atoms with Gasteiger partial charge in [0.25, 0.3) is 11.8 Å². The number of benzene rings is 1. The molecule has 2 amide bonds. The lowest BCUT2D eigenvalue weighted by atomic mass is 9.87. The maximum Gasteiger partial charge on any atom is 0.269 e. The van der Waals surface area contributed by atoms with E-state index in [2.05, 4.69) is 15.5 Å². The number of pyridine rings is 1. The van der Waals surface area contributed by atoms with Crippen LogP contribution in [-0.4, -0.2) is 46.1 Å². The topological polar surface area (TPSA) is 83.9 Å². The molecule has 2 aromatic rings. The Morgan fingerprint density at radius 1 is 1.17 bits per heavy atom. The molecule has 8 heteroatoms. The summed E-state index contributed by atoms with van der Waals surface area (Å²) >= 11 is 0. The molecule has 1 aromatic carbocycles. The van der Waals surface area contributed by atoms with Gasteiger partial charge in [-0.1, -0.05) is 5.16 Å². The second-order valence-corrected chi connectivity index (χ2v) is 7.36. The summed E-state index contributed by atoms with van der Waals surface area (Å²) in [6.45, 7) is 1.31. The summed E-state index contributed by atoms with van der Waals surface area (Å²) in [7, 11) is 0. The van der Waals surface area contributed by atoms with Gasteiger partial charge in [0.05, 0.1) is 6.54 Å². The van der Waals surface area contributed by atoms with E-state index in [1.807, 2.05) is 12.1 Å². The second-order valence-electron chi connectivity index (χ2n) is 7.36. The van der Waals surface area contributed by atoms with Gasteiger partial charge in [0.15, 0.2) is 5.60 Å². The molecule has 1 saturated heterocycles. The number of piperidine rings is 1. The average Bonchev–Trinajstić information content (AvgIpc) is 3.16. The van der Waals surface area contributed by atoms with Crippen LogP contribution in [0.3, 0.4) is 0 Å². The number of hydrogen-bond acceptors (Lipinski definition) is 5. The van der Waals surface area contributed by atoms with E-state index in [4.69, 9.17) is 4.84 Å². The molecule has 1 aromatic heterocycles. The number of nitrogens with one attached hydrogen (secondary N) is 1. The molecule has 3 heterocycles.